The maximum Gasteiger partial charge on any atom is 0.259 e. The van der Waals surface area contributed by atoms with Crippen LogP contribution in [-0.2, 0) is 7.05 Å². The molecule has 1 aliphatic rings. The maximum absolute atomic E-state index is 11.6. The Labute approximate surface area is 115 Å². The molecule has 1 aliphatic heterocycles. The highest BCUT2D eigenvalue weighted by molar-refractivity contribution is 6.21. The third-order valence-electron chi connectivity index (χ3n) is 3.42. The van der Waals surface area contributed by atoms with Crippen molar-refractivity contribution in [1.29, 1.82) is 0 Å². The lowest BCUT2D eigenvalue weighted by Crippen LogP contribution is -2.19. The standard InChI is InChI=1S/C14H14N4O2/c1-8(12-5-6-15-18(12)2)16-9-3-4-10-11(7-9)14(20)17-13(10)19/h3-8,16H,1-2H3,(H,17,19,20). The number of nitrogens with zero attached hydrogens (tertiary/aromatic N) is 2. The van der Waals surface area contributed by atoms with Crippen LogP contribution in [0.15, 0.2) is 30.5 Å². The molecule has 102 valence electrons. The average Bonchev–Trinajstić information content (AvgIpc) is 2.95. The number of rotatable bonds is 3. The predicted octanol–water partition coefficient (Wildman–Crippen LogP) is 1.48. The molecule has 0 saturated heterocycles. The summed E-state index contributed by atoms with van der Waals surface area (Å²) < 4.78 is 1.79. The summed E-state index contributed by atoms with van der Waals surface area (Å²) in [7, 11) is 1.88. The second-order valence-electron chi connectivity index (χ2n) is 4.79. The summed E-state index contributed by atoms with van der Waals surface area (Å²) in [6, 6.07) is 7.13. The van der Waals surface area contributed by atoms with Crippen LogP contribution in [0.5, 0.6) is 0 Å². The Morgan fingerprint density at radius 1 is 1.20 bits per heavy atom. The van der Waals surface area contributed by atoms with E-state index in [2.05, 4.69) is 15.7 Å². The van der Waals surface area contributed by atoms with Crippen molar-refractivity contribution in [3.8, 4) is 0 Å². The van der Waals surface area contributed by atoms with Crippen molar-refractivity contribution >= 4 is 17.5 Å². The van der Waals surface area contributed by atoms with Crippen LogP contribution in [0.1, 0.15) is 39.4 Å². The lowest BCUT2D eigenvalue weighted by Gasteiger charge is -2.16. The van der Waals surface area contributed by atoms with Gasteiger partial charge in [0, 0.05) is 18.9 Å². The van der Waals surface area contributed by atoms with Crippen molar-refractivity contribution in [2.24, 2.45) is 7.05 Å². The van der Waals surface area contributed by atoms with Gasteiger partial charge in [-0.3, -0.25) is 19.6 Å². The number of hydrogen-bond acceptors (Lipinski definition) is 4. The number of fused-ring (bicyclic) bond motifs is 1. The summed E-state index contributed by atoms with van der Waals surface area (Å²) in [4.78, 5) is 23.1. The minimum Gasteiger partial charge on any atom is -0.377 e. The highest BCUT2D eigenvalue weighted by atomic mass is 16.2. The summed E-state index contributed by atoms with van der Waals surface area (Å²) in [5, 5.41) is 9.70. The number of carbonyl (C=O) groups is 2. The molecule has 0 spiro atoms. The van der Waals surface area contributed by atoms with E-state index in [1.165, 1.54) is 0 Å². The van der Waals surface area contributed by atoms with Crippen LogP contribution >= 0.6 is 0 Å². The fourth-order valence-corrected chi connectivity index (χ4v) is 2.39. The predicted molar refractivity (Wildman–Crippen MR) is 73.5 cm³/mol. The molecular formula is C14H14N4O2. The van der Waals surface area contributed by atoms with Gasteiger partial charge in [-0.1, -0.05) is 0 Å². The van der Waals surface area contributed by atoms with Gasteiger partial charge in [0.25, 0.3) is 11.8 Å². The molecule has 1 atom stereocenters. The van der Waals surface area contributed by atoms with Crippen LogP contribution in [0.2, 0.25) is 0 Å². The second-order valence-corrected chi connectivity index (χ2v) is 4.79. The Kier molecular flexibility index (Phi) is 2.78. The summed E-state index contributed by atoms with van der Waals surface area (Å²) in [6.45, 7) is 2.01. The molecule has 2 amide bonds. The van der Waals surface area contributed by atoms with Gasteiger partial charge < -0.3 is 5.32 Å². The molecule has 20 heavy (non-hydrogen) atoms. The van der Waals surface area contributed by atoms with E-state index in [0.29, 0.717) is 11.1 Å². The zero-order valence-corrected chi connectivity index (χ0v) is 11.2. The van der Waals surface area contributed by atoms with Crippen LogP contribution in [0.4, 0.5) is 5.69 Å². The number of imide groups is 1. The molecule has 1 aromatic carbocycles. The lowest BCUT2D eigenvalue weighted by atomic mass is 10.1. The maximum atomic E-state index is 11.6. The highest BCUT2D eigenvalue weighted by Gasteiger charge is 2.26. The number of aromatic nitrogens is 2. The molecule has 2 N–H and O–H groups in total. The van der Waals surface area contributed by atoms with Crippen molar-refractivity contribution in [2.75, 3.05) is 5.32 Å². The Morgan fingerprint density at radius 2 is 1.95 bits per heavy atom. The van der Waals surface area contributed by atoms with Crippen LogP contribution in [0.3, 0.4) is 0 Å². The van der Waals surface area contributed by atoms with Crippen molar-refractivity contribution in [1.82, 2.24) is 15.1 Å². The Morgan fingerprint density at radius 3 is 2.65 bits per heavy atom. The summed E-state index contributed by atoms with van der Waals surface area (Å²) >= 11 is 0. The molecule has 0 bridgehead atoms. The first-order valence-corrected chi connectivity index (χ1v) is 6.30. The smallest absolute Gasteiger partial charge is 0.259 e. The molecule has 1 aromatic heterocycles. The Hall–Kier alpha value is -2.63. The van der Waals surface area contributed by atoms with Gasteiger partial charge in [-0.25, -0.2) is 0 Å². The Balaban J connectivity index is 1.86. The van der Waals surface area contributed by atoms with Crippen molar-refractivity contribution in [3.05, 3.63) is 47.3 Å². The van der Waals surface area contributed by atoms with Crippen LogP contribution < -0.4 is 10.6 Å². The number of aryl methyl sites for hydroxylation is 1. The van der Waals surface area contributed by atoms with Gasteiger partial charge >= 0.3 is 0 Å². The molecule has 0 fully saturated rings. The third kappa shape index (κ3) is 1.95. The average molecular weight is 270 g/mol. The molecule has 2 heterocycles. The molecule has 0 radical (unpaired) electrons. The first-order valence-electron chi connectivity index (χ1n) is 6.30. The van der Waals surface area contributed by atoms with E-state index in [-0.39, 0.29) is 17.9 Å². The van der Waals surface area contributed by atoms with Gasteiger partial charge in [0.05, 0.1) is 22.9 Å². The molecule has 2 aromatic rings. The van der Waals surface area contributed by atoms with Gasteiger partial charge in [0.2, 0.25) is 0 Å². The van der Waals surface area contributed by atoms with Gasteiger partial charge in [-0.2, -0.15) is 5.10 Å². The fraction of sp³-hybridized carbons (Fsp3) is 0.214. The molecule has 0 aliphatic carbocycles. The van der Waals surface area contributed by atoms with E-state index < -0.39 is 0 Å². The topological polar surface area (TPSA) is 76.0 Å². The number of benzene rings is 1. The Bertz CT molecular complexity index is 705. The molecule has 6 heteroatoms. The zero-order chi connectivity index (χ0) is 14.3. The number of carbonyl (C=O) groups excluding carboxylic acids is 2. The van der Waals surface area contributed by atoms with E-state index in [9.17, 15) is 9.59 Å². The molecule has 6 nitrogen and oxygen atoms in total. The zero-order valence-electron chi connectivity index (χ0n) is 11.2. The number of hydrogen-bond donors (Lipinski definition) is 2. The molecule has 3 rings (SSSR count). The lowest BCUT2D eigenvalue weighted by molar-refractivity contribution is 0.0879. The summed E-state index contributed by atoms with van der Waals surface area (Å²) in [5.74, 6) is -0.682. The first kappa shape index (κ1) is 12.4. The van der Waals surface area contributed by atoms with Crippen LogP contribution in [0, 0.1) is 0 Å². The SMILES string of the molecule is CC(Nc1ccc2c(c1)C(=O)NC2=O)c1ccnn1C. The van der Waals surface area contributed by atoms with E-state index in [4.69, 9.17) is 0 Å². The summed E-state index contributed by atoms with van der Waals surface area (Å²) in [5.41, 5.74) is 2.67. The van der Waals surface area contributed by atoms with Crippen molar-refractivity contribution in [3.63, 3.8) is 0 Å². The first-order chi connectivity index (χ1) is 9.56. The number of amides is 2. The van der Waals surface area contributed by atoms with Crippen LogP contribution in [-0.4, -0.2) is 21.6 Å². The van der Waals surface area contributed by atoms with Gasteiger partial charge in [0.1, 0.15) is 0 Å². The minimum atomic E-state index is -0.346. The van der Waals surface area contributed by atoms with E-state index in [1.807, 2.05) is 20.0 Å². The van der Waals surface area contributed by atoms with Crippen molar-refractivity contribution < 1.29 is 9.59 Å². The largest absolute Gasteiger partial charge is 0.377 e. The molecular weight excluding hydrogens is 256 g/mol. The minimum absolute atomic E-state index is 0.0423. The van der Waals surface area contributed by atoms with Gasteiger partial charge in [-0.05, 0) is 31.2 Å². The van der Waals surface area contributed by atoms with Crippen molar-refractivity contribution in [2.45, 2.75) is 13.0 Å². The normalized spacial score (nSPS) is 14.9. The number of anilines is 1. The second kappa shape index (κ2) is 4.48. The van der Waals surface area contributed by atoms with E-state index in [0.717, 1.165) is 11.4 Å². The fourth-order valence-electron chi connectivity index (χ4n) is 2.39. The highest BCUT2D eigenvalue weighted by Crippen LogP contribution is 2.23. The van der Waals surface area contributed by atoms with Crippen LogP contribution in [0.25, 0.3) is 0 Å². The van der Waals surface area contributed by atoms with Gasteiger partial charge in [0.15, 0.2) is 0 Å². The monoisotopic (exact) mass is 270 g/mol. The molecule has 1 unspecified atom stereocenters. The summed E-state index contributed by atoms with van der Waals surface area (Å²) in [6.07, 6.45) is 1.74. The molecule has 0 saturated carbocycles. The van der Waals surface area contributed by atoms with E-state index in [1.54, 1.807) is 29.1 Å². The van der Waals surface area contributed by atoms with Gasteiger partial charge in [-0.15, -0.1) is 0 Å². The number of nitrogens with one attached hydrogen (secondary N) is 2. The quantitative estimate of drug-likeness (QED) is 0.828. The van der Waals surface area contributed by atoms with E-state index >= 15 is 0 Å². The third-order valence-corrected chi connectivity index (χ3v) is 3.42.